The largest absolute Gasteiger partial charge is 0.375 e. The number of rotatable bonds is 0. The predicted octanol–water partition coefficient (Wildman–Crippen LogP) is 0.759. The van der Waals surface area contributed by atoms with Gasteiger partial charge in [0.2, 0.25) is 0 Å². The normalized spacial score (nSPS) is 33.3. The summed E-state index contributed by atoms with van der Waals surface area (Å²) in [5.74, 6) is -2.82. The van der Waals surface area contributed by atoms with Crippen LogP contribution < -0.4 is 5.73 Å². The Morgan fingerprint density at radius 1 is 1.50 bits per heavy atom. The van der Waals surface area contributed by atoms with Crippen LogP contribution in [0.4, 0.5) is 8.78 Å². The van der Waals surface area contributed by atoms with Gasteiger partial charge in [-0.05, 0) is 12.8 Å². The van der Waals surface area contributed by atoms with Crippen LogP contribution >= 0.6 is 0 Å². The van der Waals surface area contributed by atoms with Crippen LogP contribution in [-0.2, 0) is 4.74 Å². The molecule has 1 heterocycles. The fraction of sp³-hybridized carbons (Fsp3) is 1.00. The molecule has 0 radical (unpaired) electrons. The maximum Gasteiger partial charge on any atom is 0.285 e. The van der Waals surface area contributed by atoms with Gasteiger partial charge in [-0.25, -0.2) is 8.78 Å². The second kappa shape index (κ2) is 2.80. The molecule has 0 spiro atoms. The third-order valence-electron chi connectivity index (χ3n) is 1.64. The molecule has 0 aromatic rings. The molecule has 0 bridgehead atoms. The van der Waals surface area contributed by atoms with E-state index in [0.29, 0.717) is 19.4 Å². The van der Waals surface area contributed by atoms with Gasteiger partial charge in [0.15, 0.2) is 0 Å². The van der Waals surface area contributed by atoms with Crippen molar-refractivity contribution in [2.45, 2.75) is 24.8 Å². The quantitative estimate of drug-likeness (QED) is 0.554. The minimum absolute atomic E-state index is 0.354. The number of halogens is 2. The molecule has 1 rings (SSSR count). The first-order valence-electron chi connectivity index (χ1n) is 3.34. The molecule has 4 heteroatoms. The third kappa shape index (κ3) is 1.64. The zero-order valence-electron chi connectivity index (χ0n) is 5.65. The topological polar surface area (TPSA) is 35.2 Å². The molecule has 2 N–H and O–H groups in total. The van der Waals surface area contributed by atoms with E-state index in [0.717, 1.165) is 0 Å². The Morgan fingerprint density at radius 2 is 2.20 bits per heavy atom. The van der Waals surface area contributed by atoms with Crippen molar-refractivity contribution in [2.24, 2.45) is 5.73 Å². The van der Waals surface area contributed by atoms with E-state index in [1.807, 2.05) is 0 Å². The molecule has 0 aliphatic carbocycles. The van der Waals surface area contributed by atoms with Crippen molar-refractivity contribution in [1.82, 2.24) is 0 Å². The number of alkyl halides is 2. The minimum atomic E-state index is -2.82. The SMILES string of the molecule is NC1CCCOCC1(F)F. The summed E-state index contributed by atoms with van der Waals surface area (Å²) < 4.78 is 29.9. The fourth-order valence-electron chi connectivity index (χ4n) is 0.932. The average Bonchev–Trinajstić information content (AvgIpc) is 1.96. The van der Waals surface area contributed by atoms with E-state index in [1.165, 1.54) is 0 Å². The first-order chi connectivity index (χ1) is 4.63. The van der Waals surface area contributed by atoms with Crippen LogP contribution in [0.2, 0.25) is 0 Å². The Hall–Kier alpha value is -0.220. The van der Waals surface area contributed by atoms with E-state index in [2.05, 4.69) is 4.74 Å². The molecular formula is C6H11F2NO. The monoisotopic (exact) mass is 151 g/mol. The van der Waals surface area contributed by atoms with Crippen molar-refractivity contribution in [3.63, 3.8) is 0 Å². The van der Waals surface area contributed by atoms with Crippen LogP contribution in [0.3, 0.4) is 0 Å². The Balaban J connectivity index is 2.52. The van der Waals surface area contributed by atoms with Gasteiger partial charge >= 0.3 is 0 Å². The first kappa shape index (κ1) is 7.88. The van der Waals surface area contributed by atoms with Crippen molar-refractivity contribution in [3.8, 4) is 0 Å². The summed E-state index contributed by atoms with van der Waals surface area (Å²) in [6.07, 6.45) is 0.990. The summed E-state index contributed by atoms with van der Waals surface area (Å²) in [5, 5.41) is 0. The molecule has 10 heavy (non-hydrogen) atoms. The molecule has 0 aromatic carbocycles. The third-order valence-corrected chi connectivity index (χ3v) is 1.64. The molecule has 1 saturated heterocycles. The molecule has 2 nitrogen and oxygen atoms in total. The standard InChI is InChI=1S/C6H11F2NO/c7-6(8)4-10-3-1-2-5(6)9/h5H,1-4,9H2. The first-order valence-corrected chi connectivity index (χ1v) is 3.34. The number of nitrogens with two attached hydrogens (primary N) is 1. The van der Waals surface area contributed by atoms with E-state index >= 15 is 0 Å². The molecule has 1 fully saturated rings. The average molecular weight is 151 g/mol. The summed E-state index contributed by atoms with van der Waals surface area (Å²) >= 11 is 0. The Morgan fingerprint density at radius 3 is 2.90 bits per heavy atom. The molecule has 60 valence electrons. The van der Waals surface area contributed by atoms with Crippen molar-refractivity contribution in [2.75, 3.05) is 13.2 Å². The molecule has 1 atom stereocenters. The summed E-state index contributed by atoms with van der Waals surface area (Å²) in [4.78, 5) is 0. The van der Waals surface area contributed by atoms with Crippen molar-refractivity contribution >= 4 is 0 Å². The van der Waals surface area contributed by atoms with E-state index in [-0.39, 0.29) is 0 Å². The summed E-state index contributed by atoms with van der Waals surface area (Å²) in [5.41, 5.74) is 5.18. The maximum atomic E-state index is 12.6. The van der Waals surface area contributed by atoms with Crippen molar-refractivity contribution in [3.05, 3.63) is 0 Å². The van der Waals surface area contributed by atoms with E-state index in [4.69, 9.17) is 5.73 Å². The highest BCUT2D eigenvalue weighted by Gasteiger charge is 2.38. The highest BCUT2D eigenvalue weighted by molar-refractivity contribution is 4.81. The summed E-state index contributed by atoms with van der Waals surface area (Å²) in [6.45, 7) is -0.114. The number of hydrogen-bond donors (Lipinski definition) is 1. The van der Waals surface area contributed by atoms with Crippen LogP contribution in [0.1, 0.15) is 12.8 Å². The zero-order chi connectivity index (χ0) is 7.61. The van der Waals surface area contributed by atoms with Gasteiger partial charge in [-0.2, -0.15) is 0 Å². The Labute approximate surface area is 58.3 Å². The Bertz CT molecular complexity index is 118. The fourth-order valence-corrected chi connectivity index (χ4v) is 0.932. The Kier molecular flexibility index (Phi) is 2.21. The predicted molar refractivity (Wildman–Crippen MR) is 33.0 cm³/mol. The summed E-state index contributed by atoms with van der Waals surface area (Å²) in [6, 6.07) is -1.02. The van der Waals surface area contributed by atoms with Gasteiger partial charge in [-0.3, -0.25) is 0 Å². The number of ether oxygens (including phenoxy) is 1. The lowest BCUT2D eigenvalue weighted by Gasteiger charge is -2.19. The van der Waals surface area contributed by atoms with Gasteiger partial charge in [0.05, 0.1) is 6.04 Å². The van der Waals surface area contributed by atoms with Crippen molar-refractivity contribution < 1.29 is 13.5 Å². The molecule has 0 amide bonds. The van der Waals surface area contributed by atoms with Crippen molar-refractivity contribution in [1.29, 1.82) is 0 Å². The van der Waals surface area contributed by atoms with Crippen LogP contribution in [-0.4, -0.2) is 25.2 Å². The highest BCUT2D eigenvalue weighted by atomic mass is 19.3. The van der Waals surface area contributed by atoms with Crippen LogP contribution in [0.5, 0.6) is 0 Å². The molecule has 0 saturated carbocycles. The molecule has 1 aliphatic heterocycles. The van der Waals surface area contributed by atoms with Crippen LogP contribution in [0.15, 0.2) is 0 Å². The minimum Gasteiger partial charge on any atom is -0.375 e. The number of hydrogen-bond acceptors (Lipinski definition) is 2. The van der Waals surface area contributed by atoms with Gasteiger partial charge in [0.25, 0.3) is 5.92 Å². The lowest BCUT2D eigenvalue weighted by atomic mass is 10.1. The zero-order valence-corrected chi connectivity index (χ0v) is 5.65. The van der Waals surface area contributed by atoms with E-state index < -0.39 is 18.6 Å². The maximum absolute atomic E-state index is 12.6. The highest BCUT2D eigenvalue weighted by Crippen LogP contribution is 2.23. The molecule has 0 aromatic heterocycles. The lowest BCUT2D eigenvalue weighted by Crippen LogP contribution is -2.42. The van der Waals surface area contributed by atoms with Crippen LogP contribution in [0.25, 0.3) is 0 Å². The second-order valence-electron chi connectivity index (χ2n) is 2.56. The van der Waals surface area contributed by atoms with Gasteiger partial charge < -0.3 is 10.5 Å². The summed E-state index contributed by atoms with van der Waals surface area (Å²) in [7, 11) is 0. The van der Waals surface area contributed by atoms with Gasteiger partial charge in [-0.15, -0.1) is 0 Å². The van der Waals surface area contributed by atoms with Gasteiger partial charge in [0, 0.05) is 6.61 Å². The lowest BCUT2D eigenvalue weighted by molar-refractivity contribution is -0.0793. The molecule has 1 unspecified atom stereocenters. The van der Waals surface area contributed by atoms with E-state index in [9.17, 15) is 8.78 Å². The second-order valence-corrected chi connectivity index (χ2v) is 2.56. The van der Waals surface area contributed by atoms with E-state index in [1.54, 1.807) is 0 Å². The van der Waals surface area contributed by atoms with Gasteiger partial charge in [0.1, 0.15) is 6.61 Å². The molecular weight excluding hydrogens is 140 g/mol. The van der Waals surface area contributed by atoms with Crippen LogP contribution in [0, 0.1) is 0 Å². The van der Waals surface area contributed by atoms with Gasteiger partial charge in [-0.1, -0.05) is 0 Å². The molecule has 1 aliphatic rings. The smallest absolute Gasteiger partial charge is 0.285 e.